The first-order valence-electron chi connectivity index (χ1n) is 7.47. The van der Waals surface area contributed by atoms with Crippen LogP contribution in [0.25, 0.3) is 0 Å². The first-order chi connectivity index (χ1) is 10.7. The maximum atomic E-state index is 5.95. The molecule has 0 unspecified atom stereocenters. The van der Waals surface area contributed by atoms with Crippen molar-refractivity contribution in [2.45, 2.75) is 32.3 Å². The Morgan fingerprint density at radius 3 is 2.82 bits per heavy atom. The molecule has 0 spiro atoms. The summed E-state index contributed by atoms with van der Waals surface area (Å²) in [5.41, 5.74) is 1.29. The summed E-state index contributed by atoms with van der Waals surface area (Å²) in [4.78, 5) is 2.36. The van der Waals surface area contributed by atoms with Gasteiger partial charge in [-0.15, -0.1) is 10.2 Å². The fraction of sp³-hybridized carbons (Fsp3) is 0.500. The molecule has 3 rings (SSSR count). The van der Waals surface area contributed by atoms with Crippen LogP contribution in [0.2, 0.25) is 0 Å². The molecular weight excluding hydrogens is 282 g/mol. The van der Waals surface area contributed by atoms with Crippen molar-refractivity contribution in [3.05, 3.63) is 47.7 Å². The highest BCUT2D eigenvalue weighted by Gasteiger charge is 2.30. The fourth-order valence-electron chi connectivity index (χ4n) is 2.72. The van der Waals surface area contributed by atoms with E-state index >= 15 is 0 Å². The molecular formula is C16H21N3O3. The number of ether oxygens (including phenoxy) is 2. The summed E-state index contributed by atoms with van der Waals surface area (Å²) in [5.74, 6) is 1.01. The monoisotopic (exact) mass is 303 g/mol. The zero-order valence-corrected chi connectivity index (χ0v) is 12.9. The first kappa shape index (κ1) is 15.1. The highest BCUT2D eigenvalue weighted by atomic mass is 16.5. The van der Waals surface area contributed by atoms with E-state index in [1.54, 1.807) is 7.11 Å². The maximum absolute atomic E-state index is 5.95. The van der Waals surface area contributed by atoms with Crippen molar-refractivity contribution in [1.29, 1.82) is 0 Å². The van der Waals surface area contributed by atoms with Gasteiger partial charge < -0.3 is 13.9 Å². The summed E-state index contributed by atoms with van der Waals surface area (Å²) < 4.78 is 16.6. The van der Waals surface area contributed by atoms with E-state index in [1.807, 2.05) is 6.07 Å². The van der Waals surface area contributed by atoms with Crippen LogP contribution in [0.15, 0.2) is 34.7 Å². The molecule has 2 aromatic rings. The molecule has 0 radical (unpaired) electrons. The quantitative estimate of drug-likeness (QED) is 0.843. The average Bonchev–Trinajstić information content (AvgIpc) is 2.97. The molecule has 0 bridgehead atoms. The topological polar surface area (TPSA) is 60.6 Å². The Kier molecular flexibility index (Phi) is 4.82. The van der Waals surface area contributed by atoms with E-state index in [4.69, 9.17) is 13.9 Å². The minimum Gasteiger partial charge on any atom is -0.420 e. The molecule has 6 nitrogen and oxygen atoms in total. The molecule has 1 aromatic heterocycles. The van der Waals surface area contributed by atoms with Crippen molar-refractivity contribution in [2.75, 3.05) is 20.2 Å². The summed E-state index contributed by atoms with van der Waals surface area (Å²) in [5, 5.41) is 8.06. The number of benzene rings is 1. The molecule has 1 saturated heterocycles. The minimum atomic E-state index is -0.189. The molecule has 1 aliphatic rings. The molecule has 0 saturated carbocycles. The molecule has 2 heterocycles. The molecule has 22 heavy (non-hydrogen) atoms. The third kappa shape index (κ3) is 3.71. The maximum Gasteiger partial charge on any atom is 0.246 e. The van der Waals surface area contributed by atoms with Crippen molar-refractivity contribution in [1.82, 2.24) is 15.1 Å². The van der Waals surface area contributed by atoms with Gasteiger partial charge >= 0.3 is 0 Å². The number of morpholine rings is 1. The summed E-state index contributed by atoms with van der Waals surface area (Å²) in [6.07, 6.45) is -0.0641. The van der Waals surface area contributed by atoms with Gasteiger partial charge in [0.2, 0.25) is 11.8 Å². The van der Waals surface area contributed by atoms with Crippen molar-refractivity contribution >= 4 is 0 Å². The van der Waals surface area contributed by atoms with Gasteiger partial charge in [-0.1, -0.05) is 30.3 Å². The van der Waals surface area contributed by atoms with Crippen molar-refractivity contribution in [2.24, 2.45) is 0 Å². The lowest BCUT2D eigenvalue weighted by Gasteiger charge is -2.35. The van der Waals surface area contributed by atoms with Crippen LogP contribution in [-0.2, 0) is 22.6 Å². The summed E-state index contributed by atoms with van der Waals surface area (Å²) >= 11 is 0. The molecule has 1 fully saturated rings. The summed E-state index contributed by atoms with van der Waals surface area (Å²) in [7, 11) is 1.60. The van der Waals surface area contributed by atoms with Crippen molar-refractivity contribution in [3.8, 4) is 0 Å². The number of rotatable bonds is 5. The van der Waals surface area contributed by atoms with E-state index in [0.29, 0.717) is 18.4 Å². The molecule has 1 aliphatic heterocycles. The Morgan fingerprint density at radius 1 is 1.23 bits per heavy atom. The largest absolute Gasteiger partial charge is 0.420 e. The van der Waals surface area contributed by atoms with Crippen LogP contribution in [0.1, 0.15) is 30.4 Å². The van der Waals surface area contributed by atoms with E-state index in [1.165, 1.54) is 5.56 Å². The van der Waals surface area contributed by atoms with Crippen molar-refractivity contribution in [3.63, 3.8) is 0 Å². The standard InChI is InChI=1S/C16H21N3O3/c1-12-8-19(9-13-6-4-3-5-7-13)10-14(21-12)16-18-17-15(22-16)11-20-2/h3-7,12,14H,8-11H2,1-2H3/t12-,14-/m1/s1. The van der Waals surface area contributed by atoms with E-state index in [0.717, 1.165) is 19.6 Å². The summed E-state index contributed by atoms with van der Waals surface area (Å²) in [6.45, 7) is 4.92. The highest BCUT2D eigenvalue weighted by Crippen LogP contribution is 2.25. The predicted molar refractivity (Wildman–Crippen MR) is 80.0 cm³/mol. The van der Waals surface area contributed by atoms with E-state index < -0.39 is 0 Å². The Balaban J connectivity index is 1.67. The lowest BCUT2D eigenvalue weighted by Crippen LogP contribution is -2.42. The Labute approximate surface area is 130 Å². The number of hydrogen-bond acceptors (Lipinski definition) is 6. The van der Waals surface area contributed by atoms with Gasteiger partial charge in [-0.3, -0.25) is 4.90 Å². The first-order valence-corrected chi connectivity index (χ1v) is 7.47. The average molecular weight is 303 g/mol. The molecule has 6 heteroatoms. The fourth-order valence-corrected chi connectivity index (χ4v) is 2.72. The molecule has 2 atom stereocenters. The van der Waals surface area contributed by atoms with Crippen LogP contribution in [0.3, 0.4) is 0 Å². The van der Waals surface area contributed by atoms with Crippen LogP contribution in [-0.4, -0.2) is 41.4 Å². The molecule has 0 amide bonds. The van der Waals surface area contributed by atoms with E-state index in [-0.39, 0.29) is 12.2 Å². The predicted octanol–water partition coefficient (Wildman–Crippen LogP) is 2.18. The van der Waals surface area contributed by atoms with Gasteiger partial charge in [0.25, 0.3) is 0 Å². The molecule has 0 aliphatic carbocycles. The van der Waals surface area contributed by atoms with Gasteiger partial charge in [0.15, 0.2) is 0 Å². The minimum absolute atomic E-state index is 0.125. The normalized spacial score (nSPS) is 22.8. The third-order valence-electron chi connectivity index (χ3n) is 3.61. The number of methoxy groups -OCH3 is 1. The molecule has 1 aromatic carbocycles. The van der Waals surface area contributed by atoms with Crippen LogP contribution in [0, 0.1) is 0 Å². The number of nitrogens with zero attached hydrogens (tertiary/aromatic N) is 3. The van der Waals surface area contributed by atoms with E-state index in [2.05, 4.69) is 46.3 Å². The van der Waals surface area contributed by atoms with Crippen LogP contribution in [0.5, 0.6) is 0 Å². The lowest BCUT2D eigenvalue weighted by molar-refractivity contribution is -0.0921. The zero-order valence-electron chi connectivity index (χ0n) is 12.9. The second-order valence-electron chi connectivity index (χ2n) is 5.58. The van der Waals surface area contributed by atoms with Gasteiger partial charge in [-0.2, -0.15) is 0 Å². The Bertz CT molecular complexity index is 587. The van der Waals surface area contributed by atoms with Gasteiger partial charge in [0.05, 0.1) is 6.10 Å². The van der Waals surface area contributed by atoms with E-state index in [9.17, 15) is 0 Å². The SMILES string of the molecule is COCc1nnc([C@H]2CN(Cc3ccccc3)C[C@@H](C)O2)o1. The third-order valence-corrected chi connectivity index (χ3v) is 3.61. The molecule has 0 N–H and O–H groups in total. The Hall–Kier alpha value is -1.76. The lowest BCUT2D eigenvalue weighted by atomic mass is 10.1. The zero-order chi connectivity index (χ0) is 15.4. The highest BCUT2D eigenvalue weighted by molar-refractivity contribution is 5.14. The van der Waals surface area contributed by atoms with Crippen LogP contribution < -0.4 is 0 Å². The van der Waals surface area contributed by atoms with Crippen LogP contribution in [0.4, 0.5) is 0 Å². The second-order valence-corrected chi connectivity index (χ2v) is 5.58. The summed E-state index contributed by atoms with van der Waals surface area (Å²) in [6, 6.07) is 10.4. The number of hydrogen-bond donors (Lipinski definition) is 0. The second kappa shape index (κ2) is 7.00. The molecule has 118 valence electrons. The van der Waals surface area contributed by atoms with Gasteiger partial charge in [-0.05, 0) is 12.5 Å². The van der Waals surface area contributed by atoms with Crippen molar-refractivity contribution < 1.29 is 13.9 Å². The smallest absolute Gasteiger partial charge is 0.246 e. The van der Waals surface area contributed by atoms with Gasteiger partial charge in [0.1, 0.15) is 12.7 Å². The number of aromatic nitrogens is 2. The Morgan fingerprint density at radius 2 is 2.05 bits per heavy atom. The van der Waals surface area contributed by atoms with Gasteiger partial charge in [-0.25, -0.2) is 0 Å². The van der Waals surface area contributed by atoms with Gasteiger partial charge in [0, 0.05) is 26.7 Å². The van der Waals surface area contributed by atoms with Crippen LogP contribution >= 0.6 is 0 Å².